The Balaban J connectivity index is 1.82. The van der Waals surface area contributed by atoms with Crippen LogP contribution >= 0.6 is 0 Å². The second-order valence-corrected chi connectivity index (χ2v) is 4.90. The van der Waals surface area contributed by atoms with E-state index in [9.17, 15) is 9.18 Å². The van der Waals surface area contributed by atoms with Gasteiger partial charge in [-0.1, -0.05) is 25.7 Å². The lowest BCUT2D eigenvalue weighted by Gasteiger charge is -2.15. The maximum Gasteiger partial charge on any atom is 0.226 e. The smallest absolute Gasteiger partial charge is 0.226 e. The first-order valence-corrected chi connectivity index (χ1v) is 6.64. The van der Waals surface area contributed by atoms with Crippen LogP contribution < -0.4 is 5.32 Å². The Morgan fingerprint density at radius 3 is 2.61 bits per heavy atom. The van der Waals surface area contributed by atoms with Gasteiger partial charge in [-0.15, -0.1) is 0 Å². The standard InChI is InChI=1S/C14H19FN2O/c15-11-7-8-13(16-10-11)9-14(18)17-12-5-3-1-2-4-6-12/h7-8,10,12H,1-6,9H2,(H,17,18). The summed E-state index contributed by atoms with van der Waals surface area (Å²) in [6.07, 6.45) is 8.45. The Labute approximate surface area is 107 Å². The molecule has 18 heavy (non-hydrogen) atoms. The zero-order valence-corrected chi connectivity index (χ0v) is 10.5. The molecule has 0 spiro atoms. The largest absolute Gasteiger partial charge is 0.353 e. The van der Waals surface area contributed by atoms with Crippen molar-refractivity contribution in [3.63, 3.8) is 0 Å². The van der Waals surface area contributed by atoms with Crippen molar-refractivity contribution in [2.75, 3.05) is 0 Å². The quantitative estimate of drug-likeness (QED) is 0.838. The van der Waals surface area contributed by atoms with Crippen molar-refractivity contribution in [1.29, 1.82) is 0 Å². The van der Waals surface area contributed by atoms with E-state index in [0.717, 1.165) is 19.0 Å². The highest BCUT2D eigenvalue weighted by atomic mass is 19.1. The molecule has 4 heteroatoms. The monoisotopic (exact) mass is 250 g/mol. The van der Waals surface area contributed by atoms with E-state index in [4.69, 9.17) is 0 Å². The fraction of sp³-hybridized carbons (Fsp3) is 0.571. The minimum Gasteiger partial charge on any atom is -0.353 e. The molecule has 98 valence electrons. The van der Waals surface area contributed by atoms with Gasteiger partial charge in [0.15, 0.2) is 0 Å². The van der Waals surface area contributed by atoms with E-state index in [0.29, 0.717) is 11.7 Å². The van der Waals surface area contributed by atoms with Gasteiger partial charge in [0.25, 0.3) is 0 Å². The normalized spacial score (nSPS) is 17.2. The molecule has 0 atom stereocenters. The molecule has 1 fully saturated rings. The third-order valence-corrected chi connectivity index (χ3v) is 3.35. The molecule has 3 nitrogen and oxygen atoms in total. The molecule has 0 bridgehead atoms. The van der Waals surface area contributed by atoms with Crippen LogP contribution in [0.25, 0.3) is 0 Å². The van der Waals surface area contributed by atoms with E-state index in [1.807, 2.05) is 0 Å². The van der Waals surface area contributed by atoms with Gasteiger partial charge in [-0.2, -0.15) is 0 Å². The van der Waals surface area contributed by atoms with Crippen LogP contribution in [-0.2, 0) is 11.2 Å². The van der Waals surface area contributed by atoms with Crippen molar-refractivity contribution in [2.45, 2.75) is 51.0 Å². The Bertz CT molecular complexity index is 383. The highest BCUT2D eigenvalue weighted by Gasteiger charge is 2.15. The van der Waals surface area contributed by atoms with Gasteiger partial charge < -0.3 is 5.32 Å². The van der Waals surface area contributed by atoms with E-state index >= 15 is 0 Å². The molecule has 0 aliphatic heterocycles. The molecule has 1 aromatic heterocycles. The predicted octanol–water partition coefficient (Wildman–Crippen LogP) is 2.60. The summed E-state index contributed by atoms with van der Waals surface area (Å²) >= 11 is 0. The fourth-order valence-electron chi connectivity index (χ4n) is 2.38. The molecule has 1 saturated carbocycles. The van der Waals surface area contributed by atoms with Gasteiger partial charge in [-0.05, 0) is 25.0 Å². The summed E-state index contributed by atoms with van der Waals surface area (Å²) in [5.74, 6) is -0.385. The van der Waals surface area contributed by atoms with Crippen LogP contribution in [0.4, 0.5) is 4.39 Å². The van der Waals surface area contributed by atoms with E-state index in [-0.39, 0.29) is 18.1 Å². The molecule has 0 radical (unpaired) electrons. The number of carbonyl (C=O) groups is 1. The van der Waals surface area contributed by atoms with Crippen molar-refractivity contribution in [3.05, 3.63) is 29.8 Å². The lowest BCUT2D eigenvalue weighted by Crippen LogP contribution is -2.35. The third kappa shape index (κ3) is 4.09. The highest BCUT2D eigenvalue weighted by Crippen LogP contribution is 2.17. The summed E-state index contributed by atoms with van der Waals surface area (Å²) in [5, 5.41) is 3.05. The van der Waals surface area contributed by atoms with Crippen LogP contribution in [0.1, 0.15) is 44.2 Å². The zero-order chi connectivity index (χ0) is 12.8. The number of carbonyl (C=O) groups excluding carboxylic acids is 1. The van der Waals surface area contributed by atoms with Crippen molar-refractivity contribution in [3.8, 4) is 0 Å². The van der Waals surface area contributed by atoms with Crippen molar-refractivity contribution in [1.82, 2.24) is 10.3 Å². The molecule has 2 rings (SSSR count). The van der Waals surface area contributed by atoms with Crippen LogP contribution in [0.5, 0.6) is 0 Å². The maximum absolute atomic E-state index is 12.7. The zero-order valence-electron chi connectivity index (χ0n) is 10.5. The second-order valence-electron chi connectivity index (χ2n) is 4.90. The summed E-state index contributed by atoms with van der Waals surface area (Å²) in [6.45, 7) is 0. The molecular weight excluding hydrogens is 231 g/mol. The van der Waals surface area contributed by atoms with Gasteiger partial charge in [0.2, 0.25) is 5.91 Å². The van der Waals surface area contributed by atoms with Crippen molar-refractivity contribution in [2.24, 2.45) is 0 Å². The predicted molar refractivity (Wildman–Crippen MR) is 67.5 cm³/mol. The number of rotatable bonds is 3. The molecule has 0 unspecified atom stereocenters. The number of nitrogens with one attached hydrogen (secondary N) is 1. The summed E-state index contributed by atoms with van der Waals surface area (Å²) < 4.78 is 12.7. The van der Waals surface area contributed by atoms with Gasteiger partial charge in [-0.3, -0.25) is 9.78 Å². The molecule has 1 aliphatic rings. The van der Waals surface area contributed by atoms with Crippen molar-refractivity contribution < 1.29 is 9.18 Å². The molecule has 0 saturated heterocycles. The van der Waals surface area contributed by atoms with Crippen LogP contribution in [-0.4, -0.2) is 16.9 Å². The van der Waals surface area contributed by atoms with E-state index < -0.39 is 0 Å². The highest BCUT2D eigenvalue weighted by molar-refractivity contribution is 5.78. The van der Waals surface area contributed by atoms with Gasteiger partial charge >= 0.3 is 0 Å². The summed E-state index contributed by atoms with van der Waals surface area (Å²) in [7, 11) is 0. The van der Waals surface area contributed by atoms with E-state index in [1.54, 1.807) is 6.07 Å². The second kappa shape index (κ2) is 6.47. The fourth-order valence-corrected chi connectivity index (χ4v) is 2.38. The maximum atomic E-state index is 12.7. The number of hydrogen-bond acceptors (Lipinski definition) is 2. The van der Waals surface area contributed by atoms with Crippen molar-refractivity contribution >= 4 is 5.91 Å². The lowest BCUT2D eigenvalue weighted by molar-refractivity contribution is -0.121. The number of halogens is 1. The SMILES string of the molecule is O=C(Cc1ccc(F)cn1)NC1CCCCCC1. The van der Waals surface area contributed by atoms with Crippen LogP contribution in [0.2, 0.25) is 0 Å². The minimum atomic E-state index is -0.372. The Morgan fingerprint density at radius 2 is 2.00 bits per heavy atom. The number of aromatic nitrogens is 1. The third-order valence-electron chi connectivity index (χ3n) is 3.35. The lowest BCUT2D eigenvalue weighted by atomic mass is 10.1. The molecule has 1 N–H and O–H groups in total. The molecule has 1 amide bonds. The summed E-state index contributed by atoms with van der Waals surface area (Å²) in [4.78, 5) is 15.7. The first-order valence-electron chi connectivity index (χ1n) is 6.64. The number of pyridine rings is 1. The Morgan fingerprint density at radius 1 is 1.28 bits per heavy atom. The van der Waals surface area contributed by atoms with Gasteiger partial charge in [0.1, 0.15) is 5.82 Å². The van der Waals surface area contributed by atoms with Gasteiger partial charge in [-0.25, -0.2) is 4.39 Å². The topological polar surface area (TPSA) is 42.0 Å². The average molecular weight is 250 g/mol. The van der Waals surface area contributed by atoms with E-state index in [1.165, 1.54) is 31.7 Å². The number of nitrogens with zero attached hydrogens (tertiary/aromatic N) is 1. The molecule has 1 aliphatic carbocycles. The molecule has 1 heterocycles. The number of amides is 1. The Kier molecular flexibility index (Phi) is 4.67. The summed E-state index contributed by atoms with van der Waals surface area (Å²) in [6, 6.07) is 3.20. The molecule has 0 aromatic carbocycles. The van der Waals surface area contributed by atoms with Gasteiger partial charge in [0, 0.05) is 11.7 Å². The van der Waals surface area contributed by atoms with Crippen LogP contribution in [0.15, 0.2) is 18.3 Å². The molecular formula is C14H19FN2O. The van der Waals surface area contributed by atoms with Crippen LogP contribution in [0.3, 0.4) is 0 Å². The van der Waals surface area contributed by atoms with Gasteiger partial charge in [0.05, 0.1) is 12.6 Å². The first kappa shape index (κ1) is 13.0. The summed E-state index contributed by atoms with van der Waals surface area (Å²) in [5.41, 5.74) is 0.613. The van der Waals surface area contributed by atoms with E-state index in [2.05, 4.69) is 10.3 Å². The Hall–Kier alpha value is -1.45. The first-order chi connectivity index (χ1) is 8.74. The minimum absolute atomic E-state index is 0.0130. The van der Waals surface area contributed by atoms with Crippen LogP contribution in [0, 0.1) is 5.82 Å². The molecule has 1 aromatic rings. The average Bonchev–Trinajstić information content (AvgIpc) is 2.61. The number of hydrogen-bond donors (Lipinski definition) is 1.